The van der Waals surface area contributed by atoms with Crippen LogP contribution in [0.4, 0.5) is 0 Å². The van der Waals surface area contributed by atoms with Crippen LogP contribution in [0, 0.1) is 0 Å². The normalized spacial score (nSPS) is 11.9. The van der Waals surface area contributed by atoms with Gasteiger partial charge in [0.2, 0.25) is 0 Å². The fourth-order valence-electron chi connectivity index (χ4n) is 2.39. The average Bonchev–Trinajstić information content (AvgIpc) is 2.47. The lowest BCUT2D eigenvalue weighted by Gasteiger charge is -2.19. The van der Waals surface area contributed by atoms with Crippen molar-refractivity contribution in [1.82, 2.24) is 4.90 Å². The van der Waals surface area contributed by atoms with Gasteiger partial charge in [-0.15, -0.1) is 0 Å². The molecule has 2 aromatic rings. The second-order valence-electron chi connectivity index (χ2n) is 6.85. The Morgan fingerprint density at radius 3 is 1.71 bits per heavy atom. The Morgan fingerprint density at radius 2 is 1.29 bits per heavy atom. The predicted molar refractivity (Wildman–Crippen MR) is 92.6 cm³/mol. The van der Waals surface area contributed by atoms with Crippen LogP contribution in [0.1, 0.15) is 38.8 Å². The first kappa shape index (κ1) is 15.8. The van der Waals surface area contributed by atoms with Gasteiger partial charge < -0.3 is 4.90 Å². The molecule has 2 rings (SSSR count). The number of nitrogens with zero attached hydrogens (tertiary/aromatic N) is 1. The Balaban J connectivity index is 2.15. The number of rotatable bonds is 4. The van der Waals surface area contributed by atoms with Gasteiger partial charge >= 0.3 is 0 Å². The highest BCUT2D eigenvalue weighted by Gasteiger charge is 2.12. The van der Waals surface area contributed by atoms with E-state index in [1.807, 2.05) is 0 Å². The first-order chi connectivity index (χ1) is 9.90. The van der Waals surface area contributed by atoms with E-state index >= 15 is 0 Å². The van der Waals surface area contributed by atoms with Gasteiger partial charge in [-0.05, 0) is 41.3 Å². The topological polar surface area (TPSA) is 3.24 Å². The largest absolute Gasteiger partial charge is 0.302 e. The van der Waals surface area contributed by atoms with Gasteiger partial charge in [-0.1, -0.05) is 76.2 Å². The van der Waals surface area contributed by atoms with Crippen molar-refractivity contribution < 1.29 is 0 Å². The molecule has 0 bridgehead atoms. The van der Waals surface area contributed by atoms with Crippen LogP contribution in [-0.4, -0.2) is 18.5 Å². The molecular formula is C20H27N. The van der Waals surface area contributed by atoms with Crippen LogP contribution in [-0.2, 0) is 12.0 Å². The third-order valence-electron chi connectivity index (χ3n) is 4.03. The first-order valence-corrected chi connectivity index (χ1v) is 7.78. The summed E-state index contributed by atoms with van der Waals surface area (Å²) < 4.78 is 0. The second kappa shape index (κ2) is 6.44. The molecule has 0 aliphatic rings. The summed E-state index contributed by atoms with van der Waals surface area (Å²) >= 11 is 0. The molecule has 0 amide bonds. The molecule has 0 saturated heterocycles. The van der Waals surface area contributed by atoms with Crippen LogP contribution in [0.25, 0.3) is 11.1 Å². The molecule has 0 heterocycles. The van der Waals surface area contributed by atoms with E-state index in [9.17, 15) is 0 Å². The lowest BCUT2D eigenvalue weighted by Crippen LogP contribution is -2.16. The van der Waals surface area contributed by atoms with Crippen molar-refractivity contribution in [3.63, 3.8) is 0 Å². The molecule has 2 aromatic carbocycles. The minimum atomic E-state index is 0.215. The molecule has 0 unspecified atom stereocenters. The van der Waals surface area contributed by atoms with Gasteiger partial charge in [0.05, 0.1) is 0 Å². The van der Waals surface area contributed by atoms with Crippen LogP contribution in [0.3, 0.4) is 0 Å². The number of hydrogen-bond acceptors (Lipinski definition) is 1. The maximum absolute atomic E-state index is 2.31. The molecule has 21 heavy (non-hydrogen) atoms. The summed E-state index contributed by atoms with van der Waals surface area (Å²) in [6.07, 6.45) is 0. The molecule has 0 aliphatic heterocycles. The van der Waals surface area contributed by atoms with E-state index in [1.54, 1.807) is 0 Å². The maximum Gasteiger partial charge on any atom is 0.0230 e. The van der Waals surface area contributed by atoms with Gasteiger partial charge in [0.1, 0.15) is 0 Å². The second-order valence-corrected chi connectivity index (χ2v) is 6.85. The Hall–Kier alpha value is -1.60. The Labute approximate surface area is 129 Å². The van der Waals surface area contributed by atoms with Gasteiger partial charge in [-0.3, -0.25) is 0 Å². The monoisotopic (exact) mass is 281 g/mol. The number of hydrogen-bond donors (Lipinski definition) is 0. The first-order valence-electron chi connectivity index (χ1n) is 7.78. The zero-order valence-corrected chi connectivity index (χ0v) is 14.0. The molecule has 1 nitrogen and oxygen atoms in total. The van der Waals surface area contributed by atoms with Crippen LogP contribution in [0.2, 0.25) is 0 Å². The summed E-state index contributed by atoms with van der Waals surface area (Å²) in [5.74, 6) is 0. The van der Waals surface area contributed by atoms with Crippen molar-refractivity contribution >= 4 is 0 Å². The lowest BCUT2D eigenvalue weighted by molar-refractivity contribution is 0.346. The smallest absolute Gasteiger partial charge is 0.0230 e. The van der Waals surface area contributed by atoms with E-state index in [0.717, 1.165) is 13.1 Å². The van der Waals surface area contributed by atoms with Crippen LogP contribution >= 0.6 is 0 Å². The molecular weight excluding hydrogens is 254 g/mol. The quantitative estimate of drug-likeness (QED) is 0.753. The van der Waals surface area contributed by atoms with Crippen molar-refractivity contribution in [3.05, 3.63) is 59.7 Å². The highest BCUT2D eigenvalue weighted by atomic mass is 15.1. The molecule has 0 radical (unpaired) electrons. The molecule has 0 N–H and O–H groups in total. The highest BCUT2D eigenvalue weighted by Crippen LogP contribution is 2.26. The van der Waals surface area contributed by atoms with Crippen molar-refractivity contribution in [2.45, 2.75) is 39.7 Å². The van der Waals surface area contributed by atoms with Gasteiger partial charge in [0.25, 0.3) is 0 Å². The van der Waals surface area contributed by atoms with Crippen LogP contribution in [0.5, 0.6) is 0 Å². The molecule has 0 aromatic heterocycles. The molecule has 0 saturated carbocycles. The Morgan fingerprint density at radius 1 is 0.810 bits per heavy atom. The molecule has 112 valence electrons. The minimum Gasteiger partial charge on any atom is -0.302 e. The van der Waals surface area contributed by atoms with Gasteiger partial charge in [-0.2, -0.15) is 0 Å². The van der Waals surface area contributed by atoms with E-state index < -0.39 is 0 Å². The molecule has 0 atom stereocenters. The summed E-state index contributed by atoms with van der Waals surface area (Å²) in [6.45, 7) is 11.0. The third kappa shape index (κ3) is 4.18. The maximum atomic E-state index is 2.31. The molecule has 0 aliphatic carbocycles. The Bertz CT molecular complexity index is 558. The van der Waals surface area contributed by atoms with Crippen molar-refractivity contribution in [2.75, 3.05) is 13.6 Å². The third-order valence-corrected chi connectivity index (χ3v) is 4.03. The van der Waals surface area contributed by atoms with Gasteiger partial charge in [-0.25, -0.2) is 0 Å². The van der Waals surface area contributed by atoms with E-state index in [-0.39, 0.29) is 5.41 Å². The SMILES string of the molecule is CCN(C)Cc1ccc(-c2ccc(C(C)(C)C)cc2)cc1. The summed E-state index contributed by atoms with van der Waals surface area (Å²) in [4.78, 5) is 2.31. The zero-order valence-electron chi connectivity index (χ0n) is 14.0. The standard InChI is InChI=1S/C20H27N/c1-6-21(5)15-16-7-9-17(10-8-16)18-11-13-19(14-12-18)20(2,3)4/h7-14H,6,15H2,1-5H3. The van der Waals surface area contributed by atoms with E-state index in [0.29, 0.717) is 0 Å². The summed E-state index contributed by atoms with van der Waals surface area (Å²) in [6, 6.07) is 17.9. The fraction of sp³-hybridized carbons (Fsp3) is 0.400. The molecule has 0 fully saturated rings. The summed E-state index contributed by atoms with van der Waals surface area (Å²) in [7, 11) is 2.15. The summed E-state index contributed by atoms with van der Waals surface area (Å²) in [5.41, 5.74) is 5.55. The van der Waals surface area contributed by atoms with Crippen LogP contribution < -0.4 is 0 Å². The lowest BCUT2D eigenvalue weighted by atomic mass is 9.86. The van der Waals surface area contributed by atoms with Crippen molar-refractivity contribution in [2.24, 2.45) is 0 Å². The highest BCUT2D eigenvalue weighted by molar-refractivity contribution is 5.64. The summed E-state index contributed by atoms with van der Waals surface area (Å²) in [5, 5.41) is 0. The Kier molecular flexibility index (Phi) is 4.84. The van der Waals surface area contributed by atoms with E-state index in [4.69, 9.17) is 0 Å². The van der Waals surface area contributed by atoms with Gasteiger partial charge in [0.15, 0.2) is 0 Å². The average molecular weight is 281 g/mol. The fourth-order valence-corrected chi connectivity index (χ4v) is 2.39. The number of benzene rings is 2. The van der Waals surface area contributed by atoms with E-state index in [2.05, 4.69) is 88.2 Å². The van der Waals surface area contributed by atoms with Crippen molar-refractivity contribution in [3.8, 4) is 11.1 Å². The van der Waals surface area contributed by atoms with Crippen LogP contribution in [0.15, 0.2) is 48.5 Å². The molecule has 0 spiro atoms. The molecule has 1 heteroatoms. The van der Waals surface area contributed by atoms with E-state index in [1.165, 1.54) is 22.3 Å². The minimum absolute atomic E-state index is 0.215. The van der Waals surface area contributed by atoms with Gasteiger partial charge in [0, 0.05) is 6.54 Å². The van der Waals surface area contributed by atoms with Crippen molar-refractivity contribution in [1.29, 1.82) is 0 Å². The zero-order chi connectivity index (χ0) is 15.5. The predicted octanol–water partition coefficient (Wildman–Crippen LogP) is 5.10.